The van der Waals surface area contributed by atoms with Gasteiger partial charge in [-0.1, -0.05) is 30.3 Å². The Labute approximate surface area is 143 Å². The van der Waals surface area contributed by atoms with E-state index in [-0.39, 0.29) is 31.8 Å². The van der Waals surface area contributed by atoms with Crippen molar-refractivity contribution in [1.82, 2.24) is 4.90 Å². The number of aliphatic hydroxyl groups excluding tert-OH is 1. The normalized spacial score (nSPS) is 22.0. The molecule has 1 aromatic carbocycles. The zero-order valence-electron chi connectivity index (χ0n) is 14.3. The number of likely N-dealkylation sites (tertiary alicyclic amines) is 1. The first kappa shape index (κ1) is 19.1. The lowest BCUT2D eigenvalue weighted by molar-refractivity contribution is -0.138. The summed E-state index contributed by atoms with van der Waals surface area (Å²) in [5, 5.41) is 9.63. The number of benzene rings is 1. The molecule has 1 N–H and O–H groups in total. The van der Waals surface area contributed by atoms with Crippen LogP contribution in [0.4, 0.5) is 0 Å². The summed E-state index contributed by atoms with van der Waals surface area (Å²) in [5.74, 6) is -0.269. The Balaban J connectivity index is 2.24. The highest BCUT2D eigenvalue weighted by atomic mass is 31.2. The van der Waals surface area contributed by atoms with Crippen LogP contribution in [0.2, 0.25) is 0 Å². The Hall–Kier alpha value is -1.20. The van der Waals surface area contributed by atoms with Crippen molar-refractivity contribution in [3.63, 3.8) is 0 Å². The first-order chi connectivity index (χ1) is 11.6. The second-order valence-corrected chi connectivity index (χ2v) is 7.98. The SMILES string of the molecule is CCOP(=O)(OCC)C1CC[C@@H](CO)N(Cc2ccccc2)C1=O. The van der Waals surface area contributed by atoms with Gasteiger partial charge in [0.15, 0.2) is 0 Å². The lowest BCUT2D eigenvalue weighted by Crippen LogP contribution is -2.51. The predicted molar refractivity (Wildman–Crippen MR) is 91.7 cm³/mol. The minimum absolute atomic E-state index is 0.112. The van der Waals surface area contributed by atoms with Crippen LogP contribution in [0.15, 0.2) is 30.3 Å². The highest BCUT2D eigenvalue weighted by Gasteiger charge is 2.47. The van der Waals surface area contributed by atoms with Crippen LogP contribution >= 0.6 is 7.60 Å². The first-order valence-electron chi connectivity index (χ1n) is 8.39. The Kier molecular flexibility index (Phi) is 6.99. The molecule has 24 heavy (non-hydrogen) atoms. The van der Waals surface area contributed by atoms with Crippen molar-refractivity contribution < 1.29 is 23.5 Å². The molecule has 0 radical (unpaired) electrons. The van der Waals surface area contributed by atoms with Gasteiger partial charge in [0.25, 0.3) is 0 Å². The molecule has 134 valence electrons. The van der Waals surface area contributed by atoms with E-state index in [0.29, 0.717) is 19.4 Å². The van der Waals surface area contributed by atoms with Gasteiger partial charge in [-0.15, -0.1) is 0 Å². The molecule has 0 spiro atoms. The van der Waals surface area contributed by atoms with E-state index in [0.717, 1.165) is 5.56 Å². The minimum atomic E-state index is -3.50. The smallest absolute Gasteiger partial charge is 0.343 e. The third-order valence-electron chi connectivity index (χ3n) is 4.19. The third kappa shape index (κ3) is 4.25. The molecule has 1 heterocycles. The number of piperidine rings is 1. The highest BCUT2D eigenvalue weighted by molar-refractivity contribution is 7.55. The zero-order chi connectivity index (χ0) is 17.6. The van der Waals surface area contributed by atoms with Crippen LogP contribution < -0.4 is 0 Å². The van der Waals surface area contributed by atoms with E-state index in [1.807, 2.05) is 30.3 Å². The molecule has 0 saturated carbocycles. The number of carbonyl (C=O) groups is 1. The van der Waals surface area contributed by atoms with Crippen molar-refractivity contribution in [2.24, 2.45) is 0 Å². The maximum Gasteiger partial charge on any atom is 0.343 e. The lowest BCUT2D eigenvalue weighted by atomic mass is 10.0. The molecule has 7 heteroatoms. The molecule has 1 saturated heterocycles. The summed E-state index contributed by atoms with van der Waals surface area (Å²) < 4.78 is 23.8. The predicted octanol–water partition coefficient (Wildman–Crippen LogP) is 2.80. The molecule has 1 aromatic rings. The average molecular weight is 355 g/mol. The van der Waals surface area contributed by atoms with Crippen LogP contribution in [0.1, 0.15) is 32.3 Å². The molecule has 1 aliphatic heterocycles. The largest absolute Gasteiger partial charge is 0.394 e. The summed E-state index contributed by atoms with van der Waals surface area (Å²) in [4.78, 5) is 14.6. The summed E-state index contributed by atoms with van der Waals surface area (Å²) >= 11 is 0. The van der Waals surface area contributed by atoms with Gasteiger partial charge in [0.1, 0.15) is 5.66 Å². The molecule has 2 atom stereocenters. The molecule has 1 amide bonds. The van der Waals surface area contributed by atoms with E-state index in [1.165, 1.54) is 0 Å². The van der Waals surface area contributed by atoms with Crippen molar-refractivity contribution in [3.05, 3.63) is 35.9 Å². The summed E-state index contributed by atoms with van der Waals surface area (Å²) in [6, 6.07) is 9.30. The van der Waals surface area contributed by atoms with Gasteiger partial charge >= 0.3 is 7.60 Å². The lowest BCUT2D eigenvalue weighted by Gasteiger charge is -2.40. The van der Waals surface area contributed by atoms with Crippen LogP contribution in [-0.2, 0) is 25.0 Å². The molecule has 1 unspecified atom stereocenters. The number of rotatable bonds is 8. The molecule has 1 fully saturated rings. The van der Waals surface area contributed by atoms with Crippen molar-refractivity contribution in [2.75, 3.05) is 19.8 Å². The van der Waals surface area contributed by atoms with E-state index in [1.54, 1.807) is 18.7 Å². The standard InChI is InChI=1S/C17H26NO5P/c1-3-22-24(21,23-4-2)16-11-10-15(13-19)18(17(16)20)12-14-8-6-5-7-9-14/h5-9,15-16,19H,3-4,10-13H2,1-2H3/t15-,16?/m0/s1. The van der Waals surface area contributed by atoms with Gasteiger partial charge in [-0.3, -0.25) is 9.36 Å². The topological polar surface area (TPSA) is 76.1 Å². The molecule has 0 aliphatic carbocycles. The summed E-state index contributed by atoms with van der Waals surface area (Å²) in [5.41, 5.74) is 0.163. The highest BCUT2D eigenvalue weighted by Crippen LogP contribution is 2.56. The van der Waals surface area contributed by atoms with Gasteiger partial charge in [-0.05, 0) is 32.3 Å². The first-order valence-corrected chi connectivity index (χ1v) is 10.0. The molecule has 0 aromatic heterocycles. The van der Waals surface area contributed by atoms with E-state index in [4.69, 9.17) is 9.05 Å². The molecule has 2 rings (SSSR count). The van der Waals surface area contributed by atoms with Crippen LogP contribution in [-0.4, -0.2) is 47.4 Å². The van der Waals surface area contributed by atoms with E-state index in [2.05, 4.69) is 0 Å². The molecule has 1 aliphatic rings. The zero-order valence-corrected chi connectivity index (χ0v) is 15.2. The number of hydrogen-bond donors (Lipinski definition) is 1. The van der Waals surface area contributed by atoms with Crippen molar-refractivity contribution in [1.29, 1.82) is 0 Å². The number of nitrogens with zero attached hydrogens (tertiary/aromatic N) is 1. The van der Waals surface area contributed by atoms with E-state index < -0.39 is 13.3 Å². The minimum Gasteiger partial charge on any atom is -0.394 e. The summed E-state index contributed by atoms with van der Waals surface area (Å²) in [6.45, 7) is 4.18. The van der Waals surface area contributed by atoms with Gasteiger partial charge < -0.3 is 19.1 Å². The van der Waals surface area contributed by atoms with E-state index >= 15 is 0 Å². The van der Waals surface area contributed by atoms with Crippen molar-refractivity contribution in [3.8, 4) is 0 Å². The van der Waals surface area contributed by atoms with Gasteiger partial charge in [-0.25, -0.2) is 0 Å². The van der Waals surface area contributed by atoms with Crippen molar-refractivity contribution in [2.45, 2.75) is 44.9 Å². The summed E-state index contributed by atoms with van der Waals surface area (Å²) in [6.07, 6.45) is 0.969. The fraction of sp³-hybridized carbons (Fsp3) is 0.588. The van der Waals surface area contributed by atoms with Gasteiger partial charge in [0.05, 0.1) is 25.9 Å². The maximum absolute atomic E-state index is 13.0. The van der Waals surface area contributed by atoms with E-state index in [9.17, 15) is 14.5 Å². The Morgan fingerprint density at radius 1 is 1.17 bits per heavy atom. The number of aliphatic hydroxyl groups is 1. The Morgan fingerprint density at radius 3 is 2.33 bits per heavy atom. The van der Waals surface area contributed by atoms with Gasteiger partial charge in [0.2, 0.25) is 5.91 Å². The molecular formula is C17H26NO5P. The van der Waals surface area contributed by atoms with Gasteiger partial charge in [-0.2, -0.15) is 0 Å². The fourth-order valence-electron chi connectivity index (χ4n) is 3.05. The van der Waals surface area contributed by atoms with Crippen LogP contribution in [0.25, 0.3) is 0 Å². The van der Waals surface area contributed by atoms with Crippen LogP contribution in [0.5, 0.6) is 0 Å². The molecule has 0 bridgehead atoms. The molecule has 6 nitrogen and oxygen atoms in total. The second kappa shape index (κ2) is 8.77. The number of hydrogen-bond acceptors (Lipinski definition) is 5. The number of carbonyl (C=O) groups excluding carboxylic acids is 1. The van der Waals surface area contributed by atoms with Crippen LogP contribution in [0.3, 0.4) is 0 Å². The Morgan fingerprint density at radius 2 is 1.79 bits per heavy atom. The number of amides is 1. The monoisotopic (exact) mass is 355 g/mol. The molecular weight excluding hydrogens is 329 g/mol. The maximum atomic E-state index is 13.0. The van der Waals surface area contributed by atoms with Gasteiger partial charge in [0, 0.05) is 6.54 Å². The average Bonchev–Trinajstić information content (AvgIpc) is 2.58. The van der Waals surface area contributed by atoms with Crippen LogP contribution in [0, 0.1) is 0 Å². The third-order valence-corrected chi connectivity index (χ3v) is 6.67. The quantitative estimate of drug-likeness (QED) is 0.726. The van der Waals surface area contributed by atoms with Crippen molar-refractivity contribution >= 4 is 13.5 Å². The Bertz CT molecular complexity index is 570. The fourth-order valence-corrected chi connectivity index (χ4v) is 5.09. The second-order valence-electron chi connectivity index (χ2n) is 5.76. The summed E-state index contributed by atoms with van der Waals surface area (Å²) in [7, 11) is -3.50.